The number of aliphatic hydroxyl groups is 1. The van der Waals surface area contributed by atoms with Crippen molar-refractivity contribution >= 4 is 11.8 Å². The molecule has 1 aliphatic rings. The van der Waals surface area contributed by atoms with Crippen LogP contribution < -0.4 is 0 Å². The maximum absolute atomic E-state index is 9.59. The predicted molar refractivity (Wildman–Crippen MR) is 68.7 cm³/mol. The minimum absolute atomic E-state index is 0.126. The van der Waals surface area contributed by atoms with Crippen LogP contribution in [0.2, 0.25) is 0 Å². The second-order valence-electron chi connectivity index (χ2n) is 4.38. The predicted octanol–water partition coefficient (Wildman–Crippen LogP) is 2.37. The highest BCUT2D eigenvalue weighted by atomic mass is 32.2. The van der Waals surface area contributed by atoms with E-state index in [1.54, 1.807) is 11.8 Å². The summed E-state index contributed by atoms with van der Waals surface area (Å²) in [4.78, 5) is 3.64. The Kier molecular flexibility index (Phi) is 4.27. The summed E-state index contributed by atoms with van der Waals surface area (Å²) >= 11 is 1.77. The molecular weight excluding hydrogens is 218 g/mol. The van der Waals surface area contributed by atoms with E-state index in [-0.39, 0.29) is 6.10 Å². The normalized spacial score (nSPS) is 22.2. The van der Waals surface area contributed by atoms with Crippen LogP contribution in [0.4, 0.5) is 0 Å². The number of piperidine rings is 1. The van der Waals surface area contributed by atoms with Gasteiger partial charge in [0, 0.05) is 18.0 Å². The van der Waals surface area contributed by atoms with Crippen molar-refractivity contribution in [2.45, 2.75) is 30.4 Å². The monoisotopic (exact) mass is 237 g/mol. The number of β-amino-alcohol motifs (C(OH)–C–C–N with tert-alkyl or cyclic N) is 1. The van der Waals surface area contributed by atoms with Crippen LogP contribution in [-0.4, -0.2) is 35.5 Å². The minimum Gasteiger partial charge on any atom is -0.392 e. The molecule has 0 bridgehead atoms. The Morgan fingerprint density at radius 3 is 2.75 bits per heavy atom. The molecule has 1 aromatic rings. The average molecular weight is 237 g/mol. The third-order valence-corrected chi connectivity index (χ3v) is 3.79. The molecule has 1 aliphatic heterocycles. The van der Waals surface area contributed by atoms with Crippen LogP contribution in [0.15, 0.2) is 29.2 Å². The minimum atomic E-state index is -0.126. The van der Waals surface area contributed by atoms with Gasteiger partial charge >= 0.3 is 0 Å². The molecule has 0 aromatic heterocycles. The van der Waals surface area contributed by atoms with Crippen molar-refractivity contribution < 1.29 is 5.11 Å². The smallest absolute Gasteiger partial charge is 0.0667 e. The molecule has 1 N–H and O–H groups in total. The van der Waals surface area contributed by atoms with Crippen LogP contribution in [0, 0.1) is 0 Å². The Morgan fingerprint density at radius 1 is 1.38 bits per heavy atom. The van der Waals surface area contributed by atoms with Crippen molar-refractivity contribution in [3.8, 4) is 0 Å². The molecule has 1 unspecified atom stereocenters. The van der Waals surface area contributed by atoms with E-state index in [0.717, 1.165) is 32.5 Å². The fourth-order valence-electron chi connectivity index (χ4n) is 2.16. The highest BCUT2D eigenvalue weighted by Gasteiger charge is 2.17. The Bertz CT molecular complexity index is 325. The molecule has 1 fully saturated rings. The van der Waals surface area contributed by atoms with Crippen LogP contribution in [-0.2, 0) is 6.54 Å². The molecule has 88 valence electrons. The van der Waals surface area contributed by atoms with Gasteiger partial charge < -0.3 is 5.11 Å². The summed E-state index contributed by atoms with van der Waals surface area (Å²) in [6, 6.07) is 8.71. The Labute approximate surface area is 102 Å². The standard InChI is InChI=1S/C13H19NOS/c1-16-13-6-4-11(5-7-13)9-14-8-2-3-12(15)10-14/h4-7,12,15H,2-3,8-10H2,1H3. The summed E-state index contributed by atoms with van der Waals surface area (Å²) in [5.41, 5.74) is 1.34. The van der Waals surface area contributed by atoms with Crippen molar-refractivity contribution in [3.05, 3.63) is 29.8 Å². The van der Waals surface area contributed by atoms with E-state index in [1.165, 1.54) is 10.5 Å². The maximum Gasteiger partial charge on any atom is 0.0667 e. The lowest BCUT2D eigenvalue weighted by Gasteiger charge is -2.29. The zero-order chi connectivity index (χ0) is 11.4. The quantitative estimate of drug-likeness (QED) is 0.816. The van der Waals surface area contributed by atoms with E-state index < -0.39 is 0 Å². The van der Waals surface area contributed by atoms with E-state index in [9.17, 15) is 5.11 Å². The van der Waals surface area contributed by atoms with Crippen LogP contribution >= 0.6 is 11.8 Å². The first-order chi connectivity index (χ1) is 7.78. The Morgan fingerprint density at radius 2 is 2.12 bits per heavy atom. The van der Waals surface area contributed by atoms with Crippen molar-refractivity contribution in [3.63, 3.8) is 0 Å². The zero-order valence-corrected chi connectivity index (χ0v) is 10.5. The highest BCUT2D eigenvalue weighted by Crippen LogP contribution is 2.17. The van der Waals surface area contributed by atoms with Gasteiger partial charge in [0.05, 0.1) is 6.10 Å². The lowest BCUT2D eigenvalue weighted by Crippen LogP contribution is -2.37. The molecule has 1 aromatic carbocycles. The number of hydrogen-bond acceptors (Lipinski definition) is 3. The van der Waals surface area contributed by atoms with E-state index >= 15 is 0 Å². The van der Waals surface area contributed by atoms with Gasteiger partial charge in [-0.25, -0.2) is 0 Å². The molecule has 2 nitrogen and oxygen atoms in total. The largest absolute Gasteiger partial charge is 0.392 e. The Balaban J connectivity index is 1.92. The number of thioether (sulfide) groups is 1. The highest BCUT2D eigenvalue weighted by molar-refractivity contribution is 7.98. The summed E-state index contributed by atoms with van der Waals surface area (Å²) in [6.07, 6.45) is 4.04. The topological polar surface area (TPSA) is 23.5 Å². The van der Waals surface area contributed by atoms with Crippen LogP contribution in [0.3, 0.4) is 0 Å². The van der Waals surface area contributed by atoms with Crippen molar-refractivity contribution in [2.75, 3.05) is 19.3 Å². The second-order valence-corrected chi connectivity index (χ2v) is 5.26. The summed E-state index contributed by atoms with van der Waals surface area (Å²) in [6.45, 7) is 2.90. The van der Waals surface area contributed by atoms with Crippen LogP contribution in [0.5, 0.6) is 0 Å². The second kappa shape index (κ2) is 5.71. The summed E-state index contributed by atoms with van der Waals surface area (Å²) in [7, 11) is 0. The average Bonchev–Trinajstić information content (AvgIpc) is 2.30. The van der Waals surface area contributed by atoms with Crippen molar-refractivity contribution in [1.29, 1.82) is 0 Å². The van der Waals surface area contributed by atoms with E-state index in [1.807, 2.05) is 0 Å². The van der Waals surface area contributed by atoms with Gasteiger partial charge in [0.15, 0.2) is 0 Å². The first kappa shape index (κ1) is 12.0. The van der Waals surface area contributed by atoms with Gasteiger partial charge in [-0.15, -0.1) is 11.8 Å². The molecule has 1 atom stereocenters. The third kappa shape index (κ3) is 3.24. The summed E-state index contributed by atoms with van der Waals surface area (Å²) in [5, 5.41) is 9.59. The molecule has 0 spiro atoms. The molecule has 0 radical (unpaired) electrons. The van der Waals surface area contributed by atoms with Gasteiger partial charge in [0.25, 0.3) is 0 Å². The van der Waals surface area contributed by atoms with Gasteiger partial charge in [-0.05, 0) is 43.3 Å². The number of likely N-dealkylation sites (tertiary alicyclic amines) is 1. The lowest BCUT2D eigenvalue weighted by molar-refractivity contribution is 0.0668. The van der Waals surface area contributed by atoms with E-state index in [2.05, 4.69) is 35.4 Å². The van der Waals surface area contributed by atoms with Crippen molar-refractivity contribution in [2.24, 2.45) is 0 Å². The maximum atomic E-state index is 9.59. The van der Waals surface area contributed by atoms with Gasteiger partial charge in [-0.2, -0.15) is 0 Å². The zero-order valence-electron chi connectivity index (χ0n) is 9.72. The molecule has 1 heterocycles. The fraction of sp³-hybridized carbons (Fsp3) is 0.538. The molecule has 0 amide bonds. The van der Waals surface area contributed by atoms with Crippen LogP contribution in [0.1, 0.15) is 18.4 Å². The number of nitrogens with zero attached hydrogens (tertiary/aromatic N) is 1. The van der Waals surface area contributed by atoms with E-state index in [4.69, 9.17) is 0 Å². The number of rotatable bonds is 3. The SMILES string of the molecule is CSc1ccc(CN2CCCC(O)C2)cc1. The molecule has 3 heteroatoms. The van der Waals surface area contributed by atoms with Crippen LogP contribution in [0.25, 0.3) is 0 Å². The molecule has 2 rings (SSSR count). The summed E-state index contributed by atoms with van der Waals surface area (Å²) in [5.74, 6) is 0. The van der Waals surface area contributed by atoms with Gasteiger partial charge in [-0.1, -0.05) is 12.1 Å². The molecule has 0 aliphatic carbocycles. The first-order valence-corrected chi connectivity index (χ1v) is 7.04. The van der Waals surface area contributed by atoms with E-state index in [0.29, 0.717) is 0 Å². The molecular formula is C13H19NOS. The first-order valence-electron chi connectivity index (χ1n) is 5.81. The number of aliphatic hydroxyl groups excluding tert-OH is 1. The number of benzene rings is 1. The number of hydrogen-bond donors (Lipinski definition) is 1. The van der Waals surface area contributed by atoms with Gasteiger partial charge in [0.2, 0.25) is 0 Å². The lowest BCUT2D eigenvalue weighted by atomic mass is 10.1. The fourth-order valence-corrected chi connectivity index (χ4v) is 2.57. The molecule has 1 saturated heterocycles. The van der Waals surface area contributed by atoms with Crippen molar-refractivity contribution in [1.82, 2.24) is 4.90 Å². The summed E-state index contributed by atoms with van der Waals surface area (Å²) < 4.78 is 0. The third-order valence-electron chi connectivity index (χ3n) is 3.05. The van der Waals surface area contributed by atoms with Gasteiger partial charge in [0.1, 0.15) is 0 Å². The molecule has 16 heavy (non-hydrogen) atoms. The Hall–Kier alpha value is -0.510. The van der Waals surface area contributed by atoms with Gasteiger partial charge in [-0.3, -0.25) is 4.90 Å². The molecule has 0 saturated carbocycles.